The largest absolute Gasteiger partial charge is 0.142 e. The van der Waals surface area contributed by atoms with Gasteiger partial charge in [-0.15, -0.1) is 34.4 Å². The fourth-order valence-electron chi connectivity index (χ4n) is 1.58. The Balaban J connectivity index is 1.79. The van der Waals surface area contributed by atoms with Crippen molar-refractivity contribution in [3.8, 4) is 0 Å². The summed E-state index contributed by atoms with van der Waals surface area (Å²) in [5, 5.41) is 4.45. The molecular weight excluding hydrogens is 252 g/mol. The first-order valence-electron chi connectivity index (χ1n) is 5.05. The molecular formula is C13H10S3. The van der Waals surface area contributed by atoms with Crippen molar-refractivity contribution in [2.45, 2.75) is 10.6 Å². The van der Waals surface area contributed by atoms with Gasteiger partial charge >= 0.3 is 0 Å². The minimum absolute atomic E-state index is 1.06. The number of thiophene rings is 2. The molecule has 0 spiro atoms. The molecule has 3 aromatic rings. The van der Waals surface area contributed by atoms with Crippen LogP contribution in [-0.2, 0) is 5.75 Å². The van der Waals surface area contributed by atoms with Crippen molar-refractivity contribution in [3.05, 3.63) is 52.7 Å². The van der Waals surface area contributed by atoms with Crippen molar-refractivity contribution < 1.29 is 0 Å². The molecule has 3 heteroatoms. The second kappa shape index (κ2) is 4.62. The number of hydrogen-bond donors (Lipinski definition) is 0. The molecule has 2 heterocycles. The summed E-state index contributed by atoms with van der Waals surface area (Å²) in [5.74, 6) is 1.06. The van der Waals surface area contributed by atoms with Crippen molar-refractivity contribution >= 4 is 43.8 Å². The first-order valence-corrected chi connectivity index (χ1v) is 7.79. The average Bonchev–Trinajstić information content (AvgIpc) is 2.90. The maximum absolute atomic E-state index is 2.27. The molecule has 0 saturated carbocycles. The summed E-state index contributed by atoms with van der Waals surface area (Å²) in [4.78, 5) is 1.43. The number of fused-ring (bicyclic) bond motifs is 1. The van der Waals surface area contributed by atoms with E-state index in [1.54, 1.807) is 0 Å². The summed E-state index contributed by atoms with van der Waals surface area (Å²) < 4.78 is 2.87. The molecule has 0 aliphatic heterocycles. The minimum atomic E-state index is 1.06. The van der Waals surface area contributed by atoms with Gasteiger partial charge in [-0.2, -0.15) is 0 Å². The molecule has 0 unspecified atom stereocenters. The van der Waals surface area contributed by atoms with Gasteiger partial charge in [-0.05, 0) is 17.0 Å². The molecule has 2 aromatic heterocycles. The highest BCUT2D eigenvalue weighted by molar-refractivity contribution is 7.99. The predicted octanol–water partition coefficient (Wildman–Crippen LogP) is 5.26. The number of thioether (sulfide) groups is 1. The van der Waals surface area contributed by atoms with Gasteiger partial charge in [0.05, 0.1) is 4.70 Å². The number of hydrogen-bond acceptors (Lipinski definition) is 3. The van der Waals surface area contributed by atoms with Crippen molar-refractivity contribution in [1.29, 1.82) is 0 Å². The standard InChI is InChI=1S/C13H10S3/c1-2-4-10(5-3-1)8-15-12-9-16-11-6-7-14-13(11)12/h1-7,9H,8H2. The van der Waals surface area contributed by atoms with Crippen LogP contribution in [0.2, 0.25) is 0 Å². The van der Waals surface area contributed by atoms with Gasteiger partial charge in [0.15, 0.2) is 0 Å². The zero-order valence-corrected chi connectivity index (χ0v) is 11.0. The quantitative estimate of drug-likeness (QED) is 0.580. The molecule has 0 N–H and O–H groups in total. The Morgan fingerprint density at radius 2 is 1.88 bits per heavy atom. The lowest BCUT2D eigenvalue weighted by atomic mass is 10.2. The molecule has 0 aliphatic carbocycles. The third kappa shape index (κ3) is 2.03. The van der Waals surface area contributed by atoms with Crippen LogP contribution in [-0.4, -0.2) is 0 Å². The maximum atomic E-state index is 2.27. The van der Waals surface area contributed by atoms with E-state index in [1.807, 2.05) is 34.4 Å². The van der Waals surface area contributed by atoms with E-state index in [1.165, 1.54) is 19.9 Å². The van der Waals surface area contributed by atoms with Gasteiger partial charge in [0.2, 0.25) is 0 Å². The number of benzene rings is 1. The Kier molecular flexibility index (Phi) is 3.00. The third-order valence-electron chi connectivity index (χ3n) is 2.38. The third-order valence-corrected chi connectivity index (χ3v) is 5.80. The second-order valence-electron chi connectivity index (χ2n) is 3.49. The Morgan fingerprint density at radius 1 is 1.00 bits per heavy atom. The van der Waals surface area contributed by atoms with E-state index in [4.69, 9.17) is 0 Å². The van der Waals surface area contributed by atoms with E-state index in [9.17, 15) is 0 Å². The van der Waals surface area contributed by atoms with Crippen molar-refractivity contribution in [3.63, 3.8) is 0 Å². The van der Waals surface area contributed by atoms with Crippen molar-refractivity contribution in [1.82, 2.24) is 0 Å². The minimum Gasteiger partial charge on any atom is -0.142 e. The van der Waals surface area contributed by atoms with Gasteiger partial charge in [0.1, 0.15) is 0 Å². The molecule has 0 amide bonds. The molecule has 0 bridgehead atoms. The fourth-order valence-corrected chi connectivity index (χ4v) is 5.00. The zero-order chi connectivity index (χ0) is 10.8. The molecule has 3 rings (SSSR count). The van der Waals surface area contributed by atoms with E-state index in [-0.39, 0.29) is 0 Å². The molecule has 0 aliphatic rings. The van der Waals surface area contributed by atoms with E-state index < -0.39 is 0 Å². The Morgan fingerprint density at radius 3 is 2.75 bits per heavy atom. The van der Waals surface area contributed by atoms with E-state index >= 15 is 0 Å². The lowest BCUT2D eigenvalue weighted by Gasteiger charge is -1.99. The second-order valence-corrected chi connectivity index (χ2v) is 6.33. The number of rotatable bonds is 3. The molecule has 80 valence electrons. The van der Waals surface area contributed by atoms with Gasteiger partial charge in [-0.1, -0.05) is 30.3 Å². The van der Waals surface area contributed by atoms with Crippen LogP contribution >= 0.6 is 34.4 Å². The van der Waals surface area contributed by atoms with Crippen molar-refractivity contribution in [2.24, 2.45) is 0 Å². The average molecular weight is 262 g/mol. The van der Waals surface area contributed by atoms with Crippen LogP contribution < -0.4 is 0 Å². The highest BCUT2D eigenvalue weighted by atomic mass is 32.2. The van der Waals surface area contributed by atoms with Crippen LogP contribution in [0, 0.1) is 0 Å². The Labute approximate surface area is 107 Å². The summed E-state index contributed by atoms with van der Waals surface area (Å²) >= 11 is 5.63. The van der Waals surface area contributed by atoms with E-state index in [0.717, 1.165) is 5.75 Å². The van der Waals surface area contributed by atoms with Crippen LogP contribution in [0.1, 0.15) is 5.56 Å². The van der Waals surface area contributed by atoms with Crippen LogP contribution in [0.5, 0.6) is 0 Å². The lowest BCUT2D eigenvalue weighted by molar-refractivity contribution is 1.41. The van der Waals surface area contributed by atoms with Crippen LogP contribution in [0.15, 0.2) is 52.1 Å². The Hall–Kier alpha value is -0.770. The molecule has 1 aromatic carbocycles. The summed E-state index contributed by atoms with van der Waals surface area (Å²) in [6.07, 6.45) is 0. The van der Waals surface area contributed by atoms with Gasteiger partial charge < -0.3 is 0 Å². The molecule has 0 saturated heterocycles. The summed E-state index contributed by atoms with van der Waals surface area (Å²) in [6.45, 7) is 0. The first kappa shape index (κ1) is 10.4. The summed E-state index contributed by atoms with van der Waals surface area (Å²) in [6, 6.07) is 12.8. The molecule has 16 heavy (non-hydrogen) atoms. The molecule has 0 fully saturated rings. The van der Waals surface area contributed by atoms with Crippen LogP contribution in [0.4, 0.5) is 0 Å². The van der Waals surface area contributed by atoms with Crippen molar-refractivity contribution in [2.75, 3.05) is 0 Å². The van der Waals surface area contributed by atoms with Gasteiger partial charge in [0, 0.05) is 20.7 Å². The lowest BCUT2D eigenvalue weighted by Crippen LogP contribution is -1.77. The molecule has 0 atom stereocenters. The van der Waals surface area contributed by atoms with Gasteiger partial charge in [0.25, 0.3) is 0 Å². The van der Waals surface area contributed by atoms with Gasteiger partial charge in [-0.25, -0.2) is 0 Å². The van der Waals surface area contributed by atoms with Crippen LogP contribution in [0.3, 0.4) is 0 Å². The Bertz CT molecular complexity index is 577. The summed E-state index contributed by atoms with van der Waals surface area (Å²) in [5.41, 5.74) is 1.39. The normalized spacial score (nSPS) is 11.0. The zero-order valence-electron chi connectivity index (χ0n) is 8.55. The smallest absolute Gasteiger partial charge is 0.0586 e. The first-order chi connectivity index (χ1) is 7.93. The monoisotopic (exact) mass is 262 g/mol. The highest BCUT2D eigenvalue weighted by Crippen LogP contribution is 2.38. The molecule has 0 radical (unpaired) electrons. The van der Waals surface area contributed by atoms with Crippen LogP contribution in [0.25, 0.3) is 9.40 Å². The molecule has 0 nitrogen and oxygen atoms in total. The summed E-state index contributed by atoms with van der Waals surface area (Å²) in [7, 11) is 0. The SMILES string of the molecule is c1ccc(CSc2csc3ccsc23)cc1. The van der Waals surface area contributed by atoms with E-state index in [0.29, 0.717) is 0 Å². The van der Waals surface area contributed by atoms with Gasteiger partial charge in [-0.3, -0.25) is 0 Å². The predicted molar refractivity (Wildman–Crippen MR) is 75.7 cm³/mol. The topological polar surface area (TPSA) is 0 Å². The van der Waals surface area contributed by atoms with E-state index in [2.05, 4.69) is 47.2 Å². The fraction of sp³-hybridized carbons (Fsp3) is 0.0769. The highest BCUT2D eigenvalue weighted by Gasteiger charge is 2.05. The maximum Gasteiger partial charge on any atom is 0.0586 e.